The predicted octanol–water partition coefficient (Wildman–Crippen LogP) is 3.04. The van der Waals surface area contributed by atoms with Gasteiger partial charge in [0.25, 0.3) is 0 Å². The Morgan fingerprint density at radius 1 is 1.44 bits per heavy atom. The molecule has 0 saturated heterocycles. The summed E-state index contributed by atoms with van der Waals surface area (Å²) in [5.41, 5.74) is 1.21. The second-order valence-corrected chi connectivity index (χ2v) is 4.15. The highest BCUT2D eigenvalue weighted by Gasteiger charge is 2.11. The van der Waals surface area contributed by atoms with Gasteiger partial charge < -0.3 is 14.3 Å². The van der Waals surface area contributed by atoms with Crippen molar-refractivity contribution >= 4 is 26.9 Å². The molecule has 2 aromatic rings. The van der Waals surface area contributed by atoms with E-state index in [-0.39, 0.29) is 13.2 Å². The number of hydrogen-bond donors (Lipinski definition) is 1. The first-order chi connectivity index (χ1) is 7.76. The summed E-state index contributed by atoms with van der Waals surface area (Å²) in [6.45, 7) is -0.672. The van der Waals surface area contributed by atoms with Gasteiger partial charge in [-0.2, -0.15) is 0 Å². The van der Waals surface area contributed by atoms with Crippen molar-refractivity contribution in [1.82, 2.24) is 0 Å². The average Bonchev–Trinajstić information content (AvgIpc) is 2.68. The van der Waals surface area contributed by atoms with E-state index in [1.807, 2.05) is 6.07 Å². The number of benzene rings is 1. The third-order valence-electron chi connectivity index (χ3n) is 2.19. The zero-order chi connectivity index (χ0) is 11.5. The minimum atomic E-state index is -0.554. The lowest BCUT2D eigenvalue weighted by Gasteiger charge is -2.05. The van der Waals surface area contributed by atoms with E-state index in [1.165, 1.54) is 6.26 Å². The molecule has 0 saturated carbocycles. The van der Waals surface area contributed by atoms with E-state index < -0.39 is 6.67 Å². The maximum atomic E-state index is 12.0. The number of aliphatic hydroxyl groups excluding tert-OH is 1. The third kappa shape index (κ3) is 2.05. The van der Waals surface area contributed by atoms with Crippen LogP contribution in [-0.2, 0) is 6.61 Å². The molecule has 0 radical (unpaired) electrons. The maximum absolute atomic E-state index is 12.0. The second kappa shape index (κ2) is 4.84. The van der Waals surface area contributed by atoms with Gasteiger partial charge in [0.05, 0.1) is 12.9 Å². The molecule has 86 valence electrons. The Bertz CT molecular complexity index is 495. The number of rotatable bonds is 4. The Morgan fingerprint density at radius 3 is 2.94 bits per heavy atom. The molecule has 5 heteroatoms. The van der Waals surface area contributed by atoms with E-state index in [1.54, 1.807) is 6.07 Å². The lowest BCUT2D eigenvalue weighted by molar-refractivity contribution is 0.272. The summed E-state index contributed by atoms with van der Waals surface area (Å²) in [6.07, 6.45) is 1.47. The molecular formula is C11H10BrFO3. The molecule has 3 nitrogen and oxygen atoms in total. The number of furan rings is 1. The van der Waals surface area contributed by atoms with Crippen LogP contribution in [0.2, 0.25) is 0 Å². The first kappa shape index (κ1) is 11.4. The zero-order valence-electron chi connectivity index (χ0n) is 8.37. The Hall–Kier alpha value is -1.07. The standard InChI is InChI=1S/C11H10BrFO3/c12-8-3-9-7(5-14)6-16-11(9)10(4-8)15-2-1-13/h3-4,6,14H,1-2,5H2. The Balaban J connectivity index is 2.51. The molecule has 1 aromatic carbocycles. The molecule has 1 heterocycles. The van der Waals surface area contributed by atoms with Crippen molar-refractivity contribution in [1.29, 1.82) is 0 Å². The fraction of sp³-hybridized carbons (Fsp3) is 0.273. The number of hydrogen-bond acceptors (Lipinski definition) is 3. The van der Waals surface area contributed by atoms with Gasteiger partial charge in [-0.25, -0.2) is 4.39 Å². The molecule has 1 aromatic heterocycles. The minimum absolute atomic E-state index is 0.0132. The monoisotopic (exact) mass is 288 g/mol. The van der Waals surface area contributed by atoms with E-state index in [0.29, 0.717) is 16.9 Å². The summed E-state index contributed by atoms with van der Waals surface area (Å²) in [5, 5.41) is 9.88. The van der Waals surface area contributed by atoms with Crippen molar-refractivity contribution in [2.45, 2.75) is 6.61 Å². The normalized spacial score (nSPS) is 10.9. The van der Waals surface area contributed by atoms with Crippen LogP contribution >= 0.6 is 15.9 Å². The third-order valence-corrected chi connectivity index (χ3v) is 2.65. The van der Waals surface area contributed by atoms with Crippen LogP contribution in [0.5, 0.6) is 5.75 Å². The lowest BCUT2D eigenvalue weighted by Crippen LogP contribution is -1.98. The van der Waals surface area contributed by atoms with Crippen LogP contribution < -0.4 is 4.74 Å². The van der Waals surface area contributed by atoms with Gasteiger partial charge in [0.15, 0.2) is 11.3 Å². The summed E-state index contributed by atoms with van der Waals surface area (Å²) in [4.78, 5) is 0. The van der Waals surface area contributed by atoms with Crippen LogP contribution in [0.1, 0.15) is 5.56 Å². The van der Waals surface area contributed by atoms with E-state index in [0.717, 1.165) is 9.86 Å². The van der Waals surface area contributed by atoms with Crippen molar-refractivity contribution in [2.24, 2.45) is 0 Å². The molecule has 0 aliphatic heterocycles. The fourth-order valence-electron chi connectivity index (χ4n) is 1.50. The summed E-state index contributed by atoms with van der Waals surface area (Å²) in [5.74, 6) is 0.474. The second-order valence-electron chi connectivity index (χ2n) is 3.24. The highest BCUT2D eigenvalue weighted by Crippen LogP contribution is 2.33. The van der Waals surface area contributed by atoms with Gasteiger partial charge in [0.2, 0.25) is 0 Å². The smallest absolute Gasteiger partial charge is 0.176 e. The molecule has 0 bridgehead atoms. The molecule has 0 aliphatic rings. The van der Waals surface area contributed by atoms with Gasteiger partial charge in [0, 0.05) is 15.4 Å². The zero-order valence-corrected chi connectivity index (χ0v) is 9.96. The molecule has 0 aliphatic carbocycles. The van der Waals surface area contributed by atoms with Crippen molar-refractivity contribution < 1.29 is 18.7 Å². The number of halogens is 2. The van der Waals surface area contributed by atoms with Crippen LogP contribution in [0, 0.1) is 0 Å². The first-order valence-electron chi connectivity index (χ1n) is 4.75. The largest absolute Gasteiger partial charge is 0.487 e. The highest BCUT2D eigenvalue weighted by atomic mass is 79.9. The minimum Gasteiger partial charge on any atom is -0.487 e. The highest BCUT2D eigenvalue weighted by molar-refractivity contribution is 9.10. The van der Waals surface area contributed by atoms with E-state index in [4.69, 9.17) is 14.3 Å². The molecule has 0 unspecified atom stereocenters. The Morgan fingerprint density at radius 2 is 2.25 bits per heavy atom. The summed E-state index contributed by atoms with van der Waals surface area (Å²) in [7, 11) is 0. The first-order valence-corrected chi connectivity index (χ1v) is 5.55. The topological polar surface area (TPSA) is 42.6 Å². The number of aliphatic hydroxyl groups is 1. The quantitative estimate of drug-likeness (QED) is 0.940. The number of ether oxygens (including phenoxy) is 1. The van der Waals surface area contributed by atoms with Crippen LogP contribution in [0.3, 0.4) is 0 Å². The molecule has 0 fully saturated rings. The van der Waals surface area contributed by atoms with Crippen molar-refractivity contribution in [2.75, 3.05) is 13.3 Å². The van der Waals surface area contributed by atoms with Crippen molar-refractivity contribution in [3.05, 3.63) is 28.4 Å². The molecule has 0 amide bonds. The molecule has 0 atom stereocenters. The number of alkyl halides is 1. The SMILES string of the molecule is OCc1coc2c(OCCF)cc(Br)cc12. The van der Waals surface area contributed by atoms with Crippen LogP contribution in [-0.4, -0.2) is 18.4 Å². The molecule has 0 spiro atoms. The summed E-state index contributed by atoms with van der Waals surface area (Å²) in [6, 6.07) is 3.54. The summed E-state index contributed by atoms with van der Waals surface area (Å²) < 4.78 is 23.4. The molecular weight excluding hydrogens is 279 g/mol. The maximum Gasteiger partial charge on any atom is 0.176 e. The Labute approximate surface area is 99.9 Å². The lowest BCUT2D eigenvalue weighted by atomic mass is 10.2. The Kier molecular flexibility index (Phi) is 3.46. The predicted molar refractivity (Wildman–Crippen MR) is 61.3 cm³/mol. The molecule has 2 rings (SSSR count). The van der Waals surface area contributed by atoms with E-state index in [2.05, 4.69) is 15.9 Å². The fourth-order valence-corrected chi connectivity index (χ4v) is 1.94. The van der Waals surface area contributed by atoms with Crippen molar-refractivity contribution in [3.8, 4) is 5.75 Å². The van der Waals surface area contributed by atoms with E-state index in [9.17, 15) is 4.39 Å². The van der Waals surface area contributed by atoms with Gasteiger partial charge >= 0.3 is 0 Å². The molecule has 16 heavy (non-hydrogen) atoms. The van der Waals surface area contributed by atoms with Crippen molar-refractivity contribution in [3.63, 3.8) is 0 Å². The van der Waals surface area contributed by atoms with Crippen LogP contribution in [0.15, 0.2) is 27.3 Å². The van der Waals surface area contributed by atoms with Crippen LogP contribution in [0.4, 0.5) is 4.39 Å². The van der Waals surface area contributed by atoms with Gasteiger partial charge in [0.1, 0.15) is 13.3 Å². The summed E-state index contributed by atoms with van der Waals surface area (Å²) >= 11 is 3.33. The number of fused-ring (bicyclic) bond motifs is 1. The van der Waals surface area contributed by atoms with Gasteiger partial charge in [-0.1, -0.05) is 15.9 Å². The average molecular weight is 289 g/mol. The van der Waals surface area contributed by atoms with E-state index >= 15 is 0 Å². The van der Waals surface area contributed by atoms with Gasteiger partial charge in [-0.3, -0.25) is 0 Å². The van der Waals surface area contributed by atoms with Crippen LogP contribution in [0.25, 0.3) is 11.0 Å². The van der Waals surface area contributed by atoms with Gasteiger partial charge in [-0.15, -0.1) is 0 Å². The molecule has 1 N–H and O–H groups in total. The van der Waals surface area contributed by atoms with Gasteiger partial charge in [-0.05, 0) is 12.1 Å².